The van der Waals surface area contributed by atoms with Gasteiger partial charge in [-0.2, -0.15) is 0 Å². The van der Waals surface area contributed by atoms with Crippen LogP contribution in [0, 0.1) is 0 Å². The molecule has 0 radical (unpaired) electrons. The second-order valence-electron chi connectivity index (χ2n) is 9.76. The molecule has 1 N–H and O–H groups in total. The summed E-state index contributed by atoms with van der Waals surface area (Å²) in [6.07, 6.45) is 22.4. The first-order valence-corrected chi connectivity index (χ1v) is 14.4. The van der Waals surface area contributed by atoms with E-state index < -0.39 is 0 Å². The van der Waals surface area contributed by atoms with Gasteiger partial charge in [-0.1, -0.05) is 102 Å². The molecule has 0 saturated carbocycles. The summed E-state index contributed by atoms with van der Waals surface area (Å²) in [7, 11) is 1.64. The molecule has 0 saturated heterocycles. The third-order valence-corrected chi connectivity index (χ3v) is 6.88. The van der Waals surface area contributed by atoms with E-state index in [1.54, 1.807) is 7.11 Å². The first-order chi connectivity index (χ1) is 17.7. The number of ether oxygens (including phenoxy) is 2. The van der Waals surface area contributed by atoms with Crippen LogP contribution in [0.1, 0.15) is 96.5 Å². The van der Waals surface area contributed by atoms with Gasteiger partial charge in [0.05, 0.1) is 26.7 Å². The standard InChI is InChI=1S/C31H50N2O3/c1-4-6-7-8-9-10-11-12-13-14-15-18-24-36-29-22-19-20-27(31(29)35-3)25-30(34)32-26-28-21-16-17-23-33(28)5-2/h16-17,19-22H,4-15,18,23-26H2,1-3H3,(H,32,34). The fourth-order valence-electron chi connectivity index (χ4n) is 4.69. The number of unbranched alkanes of at least 4 members (excludes halogenated alkanes) is 11. The Morgan fingerprint density at radius 2 is 1.61 bits per heavy atom. The molecule has 1 heterocycles. The van der Waals surface area contributed by atoms with Gasteiger partial charge in [0, 0.05) is 24.4 Å². The Labute approximate surface area is 220 Å². The van der Waals surface area contributed by atoms with E-state index in [1.807, 2.05) is 24.3 Å². The van der Waals surface area contributed by atoms with Crippen LogP contribution < -0.4 is 14.8 Å². The third kappa shape index (κ3) is 11.5. The fourth-order valence-corrected chi connectivity index (χ4v) is 4.69. The molecular formula is C31H50N2O3. The number of amides is 1. The number of allylic oxidation sites excluding steroid dienone is 2. The van der Waals surface area contributed by atoms with Crippen LogP contribution in [0.15, 0.2) is 42.1 Å². The Hall–Kier alpha value is -2.43. The quantitative estimate of drug-likeness (QED) is 0.193. The van der Waals surface area contributed by atoms with Gasteiger partial charge in [-0.25, -0.2) is 0 Å². The summed E-state index contributed by atoms with van der Waals surface area (Å²) in [4.78, 5) is 14.9. The van der Waals surface area contributed by atoms with E-state index in [9.17, 15) is 4.79 Å². The summed E-state index contributed by atoms with van der Waals surface area (Å²) >= 11 is 0. The van der Waals surface area contributed by atoms with Crippen molar-refractivity contribution in [1.29, 1.82) is 0 Å². The highest BCUT2D eigenvalue weighted by Gasteiger charge is 2.15. The topological polar surface area (TPSA) is 50.8 Å². The highest BCUT2D eigenvalue weighted by molar-refractivity contribution is 5.80. The molecule has 0 unspecified atom stereocenters. The van der Waals surface area contributed by atoms with E-state index >= 15 is 0 Å². The molecule has 0 aromatic heterocycles. The number of benzene rings is 1. The minimum absolute atomic E-state index is 0.0158. The lowest BCUT2D eigenvalue weighted by Crippen LogP contribution is -2.34. The zero-order valence-corrected chi connectivity index (χ0v) is 23.2. The minimum Gasteiger partial charge on any atom is -0.493 e. The van der Waals surface area contributed by atoms with Crippen molar-refractivity contribution in [1.82, 2.24) is 10.2 Å². The Morgan fingerprint density at radius 1 is 0.944 bits per heavy atom. The number of para-hydroxylation sites is 1. The predicted octanol–water partition coefficient (Wildman–Crippen LogP) is 7.21. The van der Waals surface area contributed by atoms with Crippen LogP contribution in [0.5, 0.6) is 11.5 Å². The van der Waals surface area contributed by atoms with Crippen molar-refractivity contribution in [3.05, 3.63) is 47.7 Å². The van der Waals surface area contributed by atoms with Gasteiger partial charge in [0.15, 0.2) is 11.5 Å². The van der Waals surface area contributed by atoms with Crippen LogP contribution in [-0.4, -0.2) is 44.2 Å². The Morgan fingerprint density at radius 3 is 2.25 bits per heavy atom. The second kappa shape index (κ2) is 18.8. The number of nitrogens with zero attached hydrogens (tertiary/aromatic N) is 1. The SMILES string of the molecule is CCCCCCCCCCCCCCOc1cccc(CC(=O)NCC2=CC=CCN2CC)c1OC. The summed E-state index contributed by atoms with van der Waals surface area (Å²) < 4.78 is 11.7. The fraction of sp³-hybridized carbons (Fsp3) is 0.645. The maximum absolute atomic E-state index is 12.6. The molecular weight excluding hydrogens is 448 g/mol. The number of rotatable bonds is 20. The number of methoxy groups -OCH3 is 1. The number of hydrogen-bond acceptors (Lipinski definition) is 4. The lowest BCUT2D eigenvalue weighted by molar-refractivity contribution is -0.120. The van der Waals surface area contributed by atoms with Crippen molar-refractivity contribution in [2.45, 2.75) is 97.3 Å². The van der Waals surface area contributed by atoms with Gasteiger partial charge >= 0.3 is 0 Å². The molecule has 1 amide bonds. The largest absolute Gasteiger partial charge is 0.493 e. The van der Waals surface area contributed by atoms with E-state index in [-0.39, 0.29) is 12.3 Å². The Kier molecular flexibility index (Phi) is 15.5. The number of carbonyl (C=O) groups excluding carboxylic acids is 1. The minimum atomic E-state index is -0.0158. The van der Waals surface area contributed by atoms with Gasteiger partial charge in [-0.15, -0.1) is 0 Å². The zero-order valence-electron chi connectivity index (χ0n) is 23.2. The number of hydrogen-bond donors (Lipinski definition) is 1. The molecule has 0 atom stereocenters. The predicted molar refractivity (Wildman–Crippen MR) is 151 cm³/mol. The third-order valence-electron chi connectivity index (χ3n) is 6.88. The van der Waals surface area contributed by atoms with Gasteiger partial charge in [0.1, 0.15) is 0 Å². The lowest BCUT2D eigenvalue weighted by Gasteiger charge is -2.27. The molecule has 0 bridgehead atoms. The van der Waals surface area contributed by atoms with E-state index in [0.29, 0.717) is 18.9 Å². The average Bonchev–Trinajstić information content (AvgIpc) is 2.90. The van der Waals surface area contributed by atoms with Gasteiger partial charge in [0.2, 0.25) is 5.91 Å². The second-order valence-corrected chi connectivity index (χ2v) is 9.76. The maximum atomic E-state index is 12.6. The van der Waals surface area contributed by atoms with Crippen molar-refractivity contribution in [3.63, 3.8) is 0 Å². The molecule has 2 rings (SSSR count). The molecule has 1 aromatic rings. The Bertz CT molecular complexity index is 803. The molecule has 1 aliphatic rings. The first-order valence-electron chi connectivity index (χ1n) is 14.4. The van der Waals surface area contributed by atoms with Crippen molar-refractivity contribution in [2.24, 2.45) is 0 Å². The molecule has 5 heteroatoms. The van der Waals surface area contributed by atoms with Crippen LogP contribution in [0.2, 0.25) is 0 Å². The molecule has 1 aromatic carbocycles. The summed E-state index contributed by atoms with van der Waals surface area (Å²) in [5.74, 6) is 1.38. The van der Waals surface area contributed by atoms with Gasteiger partial charge < -0.3 is 19.7 Å². The van der Waals surface area contributed by atoms with Crippen molar-refractivity contribution < 1.29 is 14.3 Å². The average molecular weight is 499 g/mol. The van der Waals surface area contributed by atoms with Crippen molar-refractivity contribution in [3.8, 4) is 11.5 Å². The van der Waals surface area contributed by atoms with Gasteiger partial charge in [-0.05, 0) is 25.5 Å². The number of carbonyl (C=O) groups is 1. The lowest BCUT2D eigenvalue weighted by atomic mass is 10.1. The molecule has 0 aliphatic carbocycles. The zero-order chi connectivity index (χ0) is 25.8. The molecule has 1 aliphatic heterocycles. The van der Waals surface area contributed by atoms with Crippen LogP contribution in [0.4, 0.5) is 0 Å². The molecule has 0 fully saturated rings. The van der Waals surface area contributed by atoms with Crippen molar-refractivity contribution >= 4 is 5.91 Å². The maximum Gasteiger partial charge on any atom is 0.224 e. The highest BCUT2D eigenvalue weighted by Crippen LogP contribution is 2.31. The molecule has 5 nitrogen and oxygen atoms in total. The van der Waals surface area contributed by atoms with E-state index in [2.05, 4.69) is 36.2 Å². The van der Waals surface area contributed by atoms with Gasteiger partial charge in [-0.3, -0.25) is 4.79 Å². The van der Waals surface area contributed by atoms with Crippen LogP contribution in [-0.2, 0) is 11.2 Å². The summed E-state index contributed by atoms with van der Waals surface area (Å²) in [5, 5.41) is 3.05. The summed E-state index contributed by atoms with van der Waals surface area (Å²) in [5.41, 5.74) is 1.99. The van der Waals surface area contributed by atoms with E-state index in [0.717, 1.165) is 36.5 Å². The smallest absolute Gasteiger partial charge is 0.224 e. The van der Waals surface area contributed by atoms with Crippen LogP contribution in [0.3, 0.4) is 0 Å². The molecule has 36 heavy (non-hydrogen) atoms. The van der Waals surface area contributed by atoms with E-state index in [1.165, 1.54) is 70.6 Å². The first kappa shape index (κ1) is 29.8. The highest BCUT2D eigenvalue weighted by atomic mass is 16.5. The van der Waals surface area contributed by atoms with Crippen LogP contribution in [0.25, 0.3) is 0 Å². The summed E-state index contributed by atoms with van der Waals surface area (Å²) in [6, 6.07) is 5.81. The number of nitrogens with one attached hydrogen (secondary N) is 1. The summed E-state index contributed by atoms with van der Waals surface area (Å²) in [6.45, 7) is 7.44. The number of likely N-dealkylation sites (N-methyl/N-ethyl adjacent to an activating group) is 1. The van der Waals surface area contributed by atoms with Crippen molar-refractivity contribution in [2.75, 3.05) is 33.4 Å². The van der Waals surface area contributed by atoms with Gasteiger partial charge in [0.25, 0.3) is 0 Å². The van der Waals surface area contributed by atoms with E-state index in [4.69, 9.17) is 9.47 Å². The normalized spacial score (nSPS) is 13.0. The molecule has 202 valence electrons. The van der Waals surface area contributed by atoms with Crippen LogP contribution >= 0.6 is 0 Å². The monoisotopic (exact) mass is 498 g/mol. The molecule has 0 spiro atoms. The Balaban J connectivity index is 1.65.